The molecule has 3 N–H and O–H groups in total. The Labute approximate surface area is 120 Å². The molecule has 1 aromatic rings. The Morgan fingerprint density at radius 2 is 2.20 bits per heavy atom. The molecule has 3 atom stereocenters. The highest BCUT2D eigenvalue weighted by Crippen LogP contribution is 2.34. The molecule has 112 valence electrons. The summed E-state index contributed by atoms with van der Waals surface area (Å²) >= 11 is 0. The van der Waals surface area contributed by atoms with Crippen molar-refractivity contribution in [1.29, 1.82) is 0 Å². The minimum atomic E-state index is -0.0637. The smallest absolute Gasteiger partial charge is 0.124 e. The van der Waals surface area contributed by atoms with Gasteiger partial charge in [0.2, 0.25) is 0 Å². The Morgan fingerprint density at radius 1 is 1.40 bits per heavy atom. The second-order valence-corrected chi connectivity index (χ2v) is 5.12. The number of hydrazine groups is 1. The molecule has 1 aliphatic heterocycles. The molecule has 0 saturated carbocycles. The van der Waals surface area contributed by atoms with Gasteiger partial charge in [0.25, 0.3) is 0 Å². The average molecular weight is 280 g/mol. The van der Waals surface area contributed by atoms with Gasteiger partial charge in [-0.3, -0.25) is 11.3 Å². The summed E-state index contributed by atoms with van der Waals surface area (Å²) in [5, 5.41) is 0. The first-order chi connectivity index (χ1) is 9.77. The molecular weight excluding hydrogens is 256 g/mol. The van der Waals surface area contributed by atoms with Gasteiger partial charge in [0.05, 0.1) is 18.8 Å². The molecule has 0 amide bonds. The fourth-order valence-electron chi connectivity index (χ4n) is 2.61. The first-order valence-corrected chi connectivity index (χ1v) is 7.06. The number of hydrogen-bond donors (Lipinski definition) is 2. The van der Waals surface area contributed by atoms with Gasteiger partial charge in [-0.25, -0.2) is 0 Å². The van der Waals surface area contributed by atoms with Gasteiger partial charge < -0.3 is 14.2 Å². The van der Waals surface area contributed by atoms with Crippen molar-refractivity contribution in [1.82, 2.24) is 5.43 Å². The summed E-state index contributed by atoms with van der Waals surface area (Å²) in [5.41, 5.74) is 3.92. The number of benzene rings is 1. The van der Waals surface area contributed by atoms with Crippen LogP contribution in [-0.4, -0.2) is 33.0 Å². The molecule has 0 bridgehead atoms. The number of para-hydroxylation sites is 1. The molecule has 1 saturated heterocycles. The van der Waals surface area contributed by atoms with Gasteiger partial charge in [-0.2, -0.15) is 0 Å². The Morgan fingerprint density at radius 3 is 2.85 bits per heavy atom. The van der Waals surface area contributed by atoms with E-state index in [4.69, 9.17) is 20.1 Å². The number of rotatable bonds is 7. The van der Waals surface area contributed by atoms with Gasteiger partial charge in [0.1, 0.15) is 12.4 Å². The van der Waals surface area contributed by atoms with Gasteiger partial charge in [0.15, 0.2) is 0 Å². The van der Waals surface area contributed by atoms with Crippen molar-refractivity contribution in [2.45, 2.75) is 25.5 Å². The van der Waals surface area contributed by atoms with Crippen LogP contribution in [0.3, 0.4) is 0 Å². The fourth-order valence-corrected chi connectivity index (χ4v) is 2.61. The van der Waals surface area contributed by atoms with Gasteiger partial charge in [-0.05, 0) is 18.4 Å². The summed E-state index contributed by atoms with van der Waals surface area (Å²) in [6.45, 7) is 4.06. The highest BCUT2D eigenvalue weighted by atomic mass is 16.5. The van der Waals surface area contributed by atoms with Gasteiger partial charge in [-0.1, -0.05) is 25.1 Å². The second-order valence-electron chi connectivity index (χ2n) is 5.12. The van der Waals surface area contributed by atoms with E-state index in [-0.39, 0.29) is 12.1 Å². The summed E-state index contributed by atoms with van der Waals surface area (Å²) in [5.74, 6) is 7.06. The minimum Gasteiger partial charge on any atom is -0.491 e. The molecular formula is C15H24N2O3. The van der Waals surface area contributed by atoms with Crippen LogP contribution in [0.5, 0.6) is 5.75 Å². The zero-order chi connectivity index (χ0) is 14.4. The Balaban J connectivity index is 2.16. The lowest BCUT2D eigenvalue weighted by Crippen LogP contribution is -2.39. The van der Waals surface area contributed by atoms with Crippen molar-refractivity contribution in [2.24, 2.45) is 11.8 Å². The van der Waals surface area contributed by atoms with Crippen molar-refractivity contribution in [2.75, 3.05) is 26.9 Å². The third kappa shape index (κ3) is 3.49. The molecule has 1 aliphatic rings. The molecule has 2 rings (SSSR count). The summed E-state index contributed by atoms with van der Waals surface area (Å²) < 4.78 is 16.6. The van der Waals surface area contributed by atoms with Crippen molar-refractivity contribution in [3.05, 3.63) is 29.8 Å². The van der Waals surface area contributed by atoms with Crippen LogP contribution in [0.1, 0.15) is 24.9 Å². The van der Waals surface area contributed by atoms with Gasteiger partial charge >= 0.3 is 0 Å². The summed E-state index contributed by atoms with van der Waals surface area (Å²) in [4.78, 5) is 0. The Kier molecular flexibility index (Phi) is 5.79. The van der Waals surface area contributed by atoms with Crippen LogP contribution < -0.4 is 16.0 Å². The SMILES string of the molecule is COCCOc1ccccc1C(NN)C1OCCC1C. The van der Waals surface area contributed by atoms with Crippen LogP contribution in [0, 0.1) is 5.92 Å². The van der Waals surface area contributed by atoms with Crippen molar-refractivity contribution >= 4 is 0 Å². The zero-order valence-electron chi connectivity index (χ0n) is 12.2. The van der Waals surface area contributed by atoms with Crippen LogP contribution in [0.25, 0.3) is 0 Å². The summed E-state index contributed by atoms with van der Waals surface area (Å²) in [6, 6.07) is 7.86. The molecule has 20 heavy (non-hydrogen) atoms. The van der Waals surface area contributed by atoms with Crippen LogP contribution in [0.15, 0.2) is 24.3 Å². The largest absolute Gasteiger partial charge is 0.491 e. The highest BCUT2D eigenvalue weighted by Gasteiger charge is 2.33. The van der Waals surface area contributed by atoms with Crippen LogP contribution >= 0.6 is 0 Å². The molecule has 5 nitrogen and oxygen atoms in total. The van der Waals surface area contributed by atoms with Crippen molar-refractivity contribution in [3.8, 4) is 5.75 Å². The molecule has 1 heterocycles. The predicted octanol–water partition coefficient (Wildman–Crippen LogP) is 1.64. The van der Waals surface area contributed by atoms with Crippen molar-refractivity contribution < 1.29 is 14.2 Å². The molecule has 3 unspecified atom stereocenters. The van der Waals surface area contributed by atoms with E-state index >= 15 is 0 Å². The maximum atomic E-state index is 5.83. The van der Waals surface area contributed by atoms with E-state index in [2.05, 4.69) is 12.3 Å². The number of hydrogen-bond acceptors (Lipinski definition) is 5. The second kappa shape index (κ2) is 7.59. The Bertz CT molecular complexity index is 414. The molecule has 5 heteroatoms. The third-order valence-corrected chi connectivity index (χ3v) is 3.75. The van der Waals surface area contributed by atoms with E-state index in [9.17, 15) is 0 Å². The van der Waals surface area contributed by atoms with E-state index in [1.165, 1.54) is 0 Å². The number of nitrogens with one attached hydrogen (secondary N) is 1. The third-order valence-electron chi connectivity index (χ3n) is 3.75. The topological polar surface area (TPSA) is 65.7 Å². The van der Waals surface area contributed by atoms with E-state index in [1.54, 1.807) is 7.11 Å². The Hall–Kier alpha value is -1.14. The molecule has 0 aliphatic carbocycles. The maximum absolute atomic E-state index is 5.83. The zero-order valence-corrected chi connectivity index (χ0v) is 12.2. The first-order valence-electron chi connectivity index (χ1n) is 7.06. The van der Waals surface area contributed by atoms with Gasteiger partial charge in [-0.15, -0.1) is 0 Å². The predicted molar refractivity (Wildman–Crippen MR) is 77.4 cm³/mol. The molecule has 1 aromatic carbocycles. The lowest BCUT2D eigenvalue weighted by molar-refractivity contribution is 0.0593. The number of nitrogens with two attached hydrogens (primary N) is 1. The fraction of sp³-hybridized carbons (Fsp3) is 0.600. The molecule has 0 aromatic heterocycles. The van der Waals surface area contributed by atoms with E-state index in [0.717, 1.165) is 24.3 Å². The lowest BCUT2D eigenvalue weighted by atomic mass is 9.92. The summed E-state index contributed by atoms with van der Waals surface area (Å²) in [7, 11) is 1.66. The molecule has 0 spiro atoms. The monoisotopic (exact) mass is 280 g/mol. The molecule has 0 radical (unpaired) electrons. The number of methoxy groups -OCH3 is 1. The summed E-state index contributed by atoms with van der Waals surface area (Å²) in [6.07, 6.45) is 1.14. The quantitative estimate of drug-likeness (QED) is 0.451. The highest BCUT2D eigenvalue weighted by molar-refractivity contribution is 5.36. The van der Waals surface area contributed by atoms with Crippen LogP contribution in [-0.2, 0) is 9.47 Å². The minimum absolute atomic E-state index is 0.0637. The van der Waals surface area contributed by atoms with E-state index < -0.39 is 0 Å². The maximum Gasteiger partial charge on any atom is 0.124 e. The van der Waals surface area contributed by atoms with Crippen LogP contribution in [0.2, 0.25) is 0 Å². The van der Waals surface area contributed by atoms with Gasteiger partial charge in [0, 0.05) is 19.3 Å². The lowest BCUT2D eigenvalue weighted by Gasteiger charge is -2.27. The molecule has 1 fully saturated rings. The van der Waals surface area contributed by atoms with Crippen LogP contribution in [0.4, 0.5) is 0 Å². The van der Waals surface area contributed by atoms with E-state index in [0.29, 0.717) is 19.1 Å². The van der Waals surface area contributed by atoms with Crippen molar-refractivity contribution in [3.63, 3.8) is 0 Å². The average Bonchev–Trinajstić information content (AvgIpc) is 2.88. The normalized spacial score (nSPS) is 23.8. The van der Waals surface area contributed by atoms with E-state index in [1.807, 2.05) is 24.3 Å². The first kappa shape index (κ1) is 15.3. The standard InChI is InChI=1S/C15H24N2O3/c1-11-7-8-20-15(11)14(17-16)12-5-3-4-6-13(12)19-10-9-18-2/h3-6,11,14-15,17H,7-10,16H2,1-2H3. The number of ether oxygens (including phenoxy) is 3.